The molecule has 2 unspecified atom stereocenters. The molecule has 0 aromatic heterocycles. The average Bonchev–Trinajstić information content (AvgIpc) is 2.81. The number of thioether (sulfide) groups is 1. The van der Waals surface area contributed by atoms with Crippen molar-refractivity contribution in [2.45, 2.75) is 17.5 Å². The second-order valence-corrected chi connectivity index (χ2v) is 7.27. The number of methoxy groups -OCH3 is 1. The maximum atomic E-state index is 12.4. The second kappa shape index (κ2) is 8.04. The minimum absolute atomic E-state index is 0.0452. The summed E-state index contributed by atoms with van der Waals surface area (Å²) in [5.74, 6) is -0.0262. The molecule has 0 bridgehead atoms. The van der Waals surface area contributed by atoms with Crippen LogP contribution < -0.4 is 0 Å². The predicted octanol–water partition coefficient (Wildman–Crippen LogP) is 2.41. The van der Waals surface area contributed by atoms with Crippen LogP contribution in [0.5, 0.6) is 0 Å². The third-order valence-electron chi connectivity index (χ3n) is 3.79. The average molecular weight is 357 g/mol. The Bertz CT molecular complexity index is 584. The first-order valence-corrected chi connectivity index (χ1v) is 8.71. The lowest BCUT2D eigenvalue weighted by atomic mass is 10.2. The monoisotopic (exact) mass is 356 g/mol. The lowest BCUT2D eigenvalue weighted by Crippen LogP contribution is -2.40. The molecule has 1 aliphatic rings. The van der Waals surface area contributed by atoms with Gasteiger partial charge in [0.25, 0.3) is 0 Å². The van der Waals surface area contributed by atoms with Gasteiger partial charge in [-0.15, -0.1) is 11.8 Å². The summed E-state index contributed by atoms with van der Waals surface area (Å²) >= 11 is 7.87. The van der Waals surface area contributed by atoms with Gasteiger partial charge >= 0.3 is 0 Å². The summed E-state index contributed by atoms with van der Waals surface area (Å²) in [5, 5.41) is 0.425. The van der Waals surface area contributed by atoms with E-state index < -0.39 is 0 Å². The minimum atomic E-state index is -0.115. The Hall–Kier alpha value is -1.24. The third-order valence-corrected chi connectivity index (χ3v) is 5.51. The van der Waals surface area contributed by atoms with Crippen molar-refractivity contribution in [3.63, 3.8) is 0 Å². The fourth-order valence-electron chi connectivity index (χ4n) is 2.43. The molecule has 1 aliphatic heterocycles. The quantitative estimate of drug-likeness (QED) is 0.785. The number of likely N-dealkylation sites (N-methyl/N-ethyl adjacent to an activating group) is 1. The lowest BCUT2D eigenvalue weighted by molar-refractivity contribution is -0.136. The van der Waals surface area contributed by atoms with E-state index in [1.807, 2.05) is 31.2 Å². The lowest BCUT2D eigenvalue weighted by Gasteiger charge is -2.27. The van der Waals surface area contributed by atoms with Gasteiger partial charge in [-0.2, -0.15) is 0 Å². The van der Waals surface area contributed by atoms with Crippen LogP contribution in [-0.2, 0) is 14.3 Å². The topological polar surface area (TPSA) is 49.9 Å². The van der Waals surface area contributed by atoms with Gasteiger partial charge in [-0.05, 0) is 13.0 Å². The summed E-state index contributed by atoms with van der Waals surface area (Å²) in [4.78, 5) is 27.6. The maximum absolute atomic E-state index is 12.4. The molecule has 1 saturated heterocycles. The molecule has 2 atom stereocenters. The molecule has 2 rings (SSSR count). The van der Waals surface area contributed by atoms with E-state index in [9.17, 15) is 9.59 Å². The molecule has 1 fully saturated rings. The number of nitrogens with zero attached hydrogens (tertiary/aromatic N) is 2. The Kier molecular flexibility index (Phi) is 6.33. The number of benzene rings is 1. The van der Waals surface area contributed by atoms with Crippen LogP contribution >= 0.6 is 23.4 Å². The summed E-state index contributed by atoms with van der Waals surface area (Å²) < 4.78 is 4.85. The fraction of sp³-hybridized carbons (Fsp3) is 0.500. The van der Waals surface area contributed by atoms with Crippen LogP contribution in [0.15, 0.2) is 24.3 Å². The predicted molar refractivity (Wildman–Crippen MR) is 92.5 cm³/mol. The zero-order chi connectivity index (χ0) is 17.0. The van der Waals surface area contributed by atoms with Gasteiger partial charge in [0.1, 0.15) is 12.0 Å². The van der Waals surface area contributed by atoms with E-state index in [-0.39, 0.29) is 29.0 Å². The van der Waals surface area contributed by atoms with Gasteiger partial charge < -0.3 is 14.5 Å². The van der Waals surface area contributed by atoms with Crippen LogP contribution in [-0.4, -0.2) is 60.7 Å². The molecule has 5 nitrogen and oxygen atoms in total. The van der Waals surface area contributed by atoms with Crippen LogP contribution in [0, 0.1) is 0 Å². The number of halogens is 1. The molecule has 23 heavy (non-hydrogen) atoms. The minimum Gasteiger partial charge on any atom is -0.375 e. The van der Waals surface area contributed by atoms with Gasteiger partial charge in [-0.1, -0.05) is 29.8 Å². The normalized spacial score (nSPS) is 20.9. The van der Waals surface area contributed by atoms with Crippen molar-refractivity contribution in [2.75, 3.05) is 33.9 Å². The Morgan fingerprint density at radius 3 is 2.78 bits per heavy atom. The zero-order valence-corrected chi connectivity index (χ0v) is 15.1. The Morgan fingerprint density at radius 1 is 1.43 bits per heavy atom. The Morgan fingerprint density at radius 2 is 2.13 bits per heavy atom. The van der Waals surface area contributed by atoms with Crippen molar-refractivity contribution < 1.29 is 14.3 Å². The molecule has 1 aromatic carbocycles. The number of rotatable bonds is 6. The van der Waals surface area contributed by atoms with Gasteiger partial charge in [0.2, 0.25) is 11.8 Å². The smallest absolute Gasteiger partial charge is 0.248 e. The third kappa shape index (κ3) is 4.19. The number of carbonyl (C=O) groups is 2. The standard InChI is InChI=1S/C16H21ClN2O3S/c1-11-15(21)19(9-8-18(2)14(20)10-22-3)16(23-11)12-6-4-5-7-13(12)17/h4-7,11,16H,8-10H2,1-3H3. The molecule has 0 radical (unpaired) electrons. The molecular formula is C16H21ClN2O3S. The molecule has 7 heteroatoms. The first-order chi connectivity index (χ1) is 11.0. The first-order valence-electron chi connectivity index (χ1n) is 7.39. The van der Waals surface area contributed by atoms with Crippen molar-refractivity contribution in [1.29, 1.82) is 0 Å². The van der Waals surface area contributed by atoms with Crippen molar-refractivity contribution in [1.82, 2.24) is 9.80 Å². The van der Waals surface area contributed by atoms with Gasteiger partial charge in [0.15, 0.2) is 0 Å². The molecule has 0 N–H and O–H groups in total. The molecule has 0 spiro atoms. The highest BCUT2D eigenvalue weighted by atomic mass is 35.5. The van der Waals surface area contributed by atoms with E-state index in [4.69, 9.17) is 16.3 Å². The molecule has 1 heterocycles. The summed E-state index contributed by atoms with van der Waals surface area (Å²) in [5.41, 5.74) is 0.933. The molecule has 2 amide bonds. The number of carbonyl (C=O) groups excluding carboxylic acids is 2. The van der Waals surface area contributed by atoms with E-state index in [1.54, 1.807) is 28.6 Å². The maximum Gasteiger partial charge on any atom is 0.248 e. The number of ether oxygens (including phenoxy) is 1. The largest absolute Gasteiger partial charge is 0.375 e. The highest BCUT2D eigenvalue weighted by Crippen LogP contribution is 2.44. The van der Waals surface area contributed by atoms with Crippen LogP contribution in [0.25, 0.3) is 0 Å². The van der Waals surface area contributed by atoms with E-state index in [2.05, 4.69) is 0 Å². The van der Waals surface area contributed by atoms with Crippen molar-refractivity contribution in [3.05, 3.63) is 34.9 Å². The van der Waals surface area contributed by atoms with Gasteiger partial charge in [-0.25, -0.2) is 0 Å². The first kappa shape index (κ1) is 18.1. The molecular weight excluding hydrogens is 336 g/mol. The molecule has 126 valence electrons. The molecule has 0 aliphatic carbocycles. The van der Waals surface area contributed by atoms with Gasteiger partial charge in [0.05, 0.1) is 5.25 Å². The van der Waals surface area contributed by atoms with Crippen LogP contribution in [0.1, 0.15) is 17.9 Å². The van der Waals surface area contributed by atoms with Crippen LogP contribution in [0.3, 0.4) is 0 Å². The number of hydrogen-bond donors (Lipinski definition) is 0. The number of amides is 2. The Labute approximate surface area is 145 Å². The molecule has 0 saturated carbocycles. The van der Waals surface area contributed by atoms with Crippen LogP contribution in [0.2, 0.25) is 5.02 Å². The summed E-state index contributed by atoms with van der Waals surface area (Å²) in [6.45, 7) is 2.88. The fourth-order valence-corrected chi connectivity index (χ4v) is 4.08. The van der Waals surface area contributed by atoms with E-state index in [0.29, 0.717) is 18.1 Å². The van der Waals surface area contributed by atoms with E-state index in [0.717, 1.165) is 5.56 Å². The highest BCUT2D eigenvalue weighted by Gasteiger charge is 2.39. The van der Waals surface area contributed by atoms with Crippen molar-refractivity contribution in [3.8, 4) is 0 Å². The van der Waals surface area contributed by atoms with Crippen molar-refractivity contribution >= 4 is 35.2 Å². The van der Waals surface area contributed by atoms with Crippen LogP contribution in [0.4, 0.5) is 0 Å². The SMILES string of the molecule is COCC(=O)N(C)CCN1C(=O)C(C)SC1c1ccccc1Cl. The summed E-state index contributed by atoms with van der Waals surface area (Å²) in [6, 6.07) is 7.56. The van der Waals surface area contributed by atoms with E-state index in [1.165, 1.54) is 7.11 Å². The van der Waals surface area contributed by atoms with E-state index >= 15 is 0 Å². The Balaban J connectivity index is 2.09. The zero-order valence-electron chi connectivity index (χ0n) is 13.5. The highest BCUT2D eigenvalue weighted by molar-refractivity contribution is 8.01. The summed E-state index contributed by atoms with van der Waals surface area (Å²) in [7, 11) is 3.20. The van der Waals surface area contributed by atoms with Gasteiger partial charge in [-0.3, -0.25) is 9.59 Å². The van der Waals surface area contributed by atoms with Gasteiger partial charge in [0, 0.05) is 37.8 Å². The van der Waals surface area contributed by atoms with Crippen molar-refractivity contribution in [2.24, 2.45) is 0 Å². The summed E-state index contributed by atoms with van der Waals surface area (Å²) in [6.07, 6.45) is 0. The molecule has 1 aromatic rings. The number of hydrogen-bond acceptors (Lipinski definition) is 4. The second-order valence-electron chi connectivity index (χ2n) is 5.43.